The van der Waals surface area contributed by atoms with E-state index in [4.69, 9.17) is 9.73 Å². The Hall–Kier alpha value is -0.220. The first-order chi connectivity index (χ1) is 6.79. The minimum Gasteiger partial charge on any atom is -0.379 e. The van der Waals surface area contributed by atoms with Crippen LogP contribution in [0.2, 0.25) is 0 Å². The van der Waals surface area contributed by atoms with E-state index in [1.807, 2.05) is 11.8 Å². The van der Waals surface area contributed by atoms with Crippen molar-refractivity contribution in [2.24, 2.45) is 4.99 Å². The highest BCUT2D eigenvalue weighted by molar-refractivity contribution is 8.14. The molecule has 80 valence electrons. The number of nitrogens with one attached hydrogen (secondary N) is 1. The van der Waals surface area contributed by atoms with E-state index in [-0.39, 0.29) is 0 Å². The minimum absolute atomic E-state index is 0.348. The van der Waals surface area contributed by atoms with Gasteiger partial charge in [-0.25, -0.2) is 0 Å². The van der Waals surface area contributed by atoms with Crippen molar-refractivity contribution in [2.75, 3.05) is 12.9 Å². The van der Waals surface area contributed by atoms with Gasteiger partial charge in [0, 0.05) is 18.9 Å². The van der Waals surface area contributed by atoms with Crippen LogP contribution >= 0.6 is 11.8 Å². The smallest absolute Gasteiger partial charge is 0.157 e. The quantitative estimate of drug-likeness (QED) is 0.758. The summed E-state index contributed by atoms with van der Waals surface area (Å²) in [5.74, 6) is 1.14. The summed E-state index contributed by atoms with van der Waals surface area (Å²) in [4.78, 5) is 4.72. The molecule has 3 atom stereocenters. The van der Waals surface area contributed by atoms with E-state index >= 15 is 0 Å². The average molecular weight is 214 g/mol. The molecule has 1 saturated heterocycles. The van der Waals surface area contributed by atoms with Gasteiger partial charge in [-0.1, -0.05) is 11.8 Å². The number of thioether (sulfide) groups is 1. The fraction of sp³-hybridized carbons (Fsp3) is 0.900. The summed E-state index contributed by atoms with van der Waals surface area (Å²) in [6.45, 7) is 2.19. The van der Waals surface area contributed by atoms with Crippen molar-refractivity contribution in [3.63, 3.8) is 0 Å². The zero-order chi connectivity index (χ0) is 9.97. The van der Waals surface area contributed by atoms with Crippen molar-refractivity contribution in [1.29, 1.82) is 0 Å². The molecular weight excluding hydrogens is 196 g/mol. The van der Waals surface area contributed by atoms with E-state index in [0.717, 1.165) is 17.3 Å². The highest BCUT2D eigenvalue weighted by atomic mass is 32.2. The van der Waals surface area contributed by atoms with Crippen molar-refractivity contribution in [3.8, 4) is 0 Å². The lowest BCUT2D eigenvalue weighted by atomic mass is 10.2. The Bertz CT molecular complexity index is 232. The number of hydrogen-bond acceptors (Lipinski definition) is 3. The van der Waals surface area contributed by atoms with Gasteiger partial charge in [-0.2, -0.15) is 0 Å². The molecule has 14 heavy (non-hydrogen) atoms. The second kappa shape index (κ2) is 4.53. The molecule has 1 saturated carbocycles. The standard InChI is InChI=1S/C10H18N2OS/c1-7-6-14-10(11-7)12-8-4-3-5-9(8)13-2/h7-9H,3-6H2,1-2H3,(H,11,12). The third kappa shape index (κ3) is 2.23. The van der Waals surface area contributed by atoms with Crippen LogP contribution < -0.4 is 5.32 Å². The van der Waals surface area contributed by atoms with Crippen molar-refractivity contribution in [1.82, 2.24) is 5.32 Å². The zero-order valence-corrected chi connectivity index (χ0v) is 9.64. The Morgan fingerprint density at radius 1 is 1.50 bits per heavy atom. The number of hydrogen-bond donors (Lipinski definition) is 1. The number of ether oxygens (including phenoxy) is 1. The molecule has 1 aliphatic carbocycles. The molecule has 0 aromatic rings. The summed E-state index contributed by atoms with van der Waals surface area (Å²) in [5, 5.41) is 4.50. The van der Waals surface area contributed by atoms with Gasteiger partial charge in [-0.05, 0) is 26.2 Å². The highest BCUT2D eigenvalue weighted by Crippen LogP contribution is 2.26. The van der Waals surface area contributed by atoms with Crippen molar-refractivity contribution in [2.45, 2.75) is 44.4 Å². The van der Waals surface area contributed by atoms with Crippen LogP contribution in [0.15, 0.2) is 4.99 Å². The summed E-state index contributed by atoms with van der Waals surface area (Å²) in [5.41, 5.74) is 0. The number of methoxy groups -OCH3 is 1. The third-order valence-corrected chi connectivity index (χ3v) is 4.01. The summed E-state index contributed by atoms with van der Waals surface area (Å²) in [6.07, 6.45) is 3.94. The predicted molar refractivity (Wildman–Crippen MR) is 60.9 cm³/mol. The fourth-order valence-corrected chi connectivity index (χ4v) is 3.04. The van der Waals surface area contributed by atoms with Gasteiger partial charge in [-0.15, -0.1) is 0 Å². The largest absolute Gasteiger partial charge is 0.379 e. The molecule has 3 nitrogen and oxygen atoms in total. The Labute approximate surface area is 89.7 Å². The maximum Gasteiger partial charge on any atom is 0.157 e. The Kier molecular flexibility index (Phi) is 3.34. The Morgan fingerprint density at radius 3 is 3.00 bits per heavy atom. The lowest BCUT2D eigenvalue weighted by Gasteiger charge is -2.14. The summed E-state index contributed by atoms with van der Waals surface area (Å²) in [7, 11) is 1.79. The van der Waals surface area contributed by atoms with Gasteiger partial charge in [0.15, 0.2) is 5.17 Å². The monoisotopic (exact) mass is 214 g/mol. The van der Waals surface area contributed by atoms with Gasteiger partial charge >= 0.3 is 0 Å². The minimum atomic E-state index is 0.348. The van der Waals surface area contributed by atoms with Crippen molar-refractivity contribution >= 4 is 16.9 Å². The maximum absolute atomic E-state index is 5.42. The van der Waals surface area contributed by atoms with Crippen LogP contribution in [-0.4, -0.2) is 36.2 Å². The van der Waals surface area contributed by atoms with E-state index in [1.165, 1.54) is 12.8 Å². The molecule has 0 aromatic heterocycles. The lowest BCUT2D eigenvalue weighted by Crippen LogP contribution is -2.27. The first-order valence-corrected chi connectivity index (χ1v) is 6.28. The molecular formula is C10H18N2OS. The second-order valence-corrected chi connectivity index (χ2v) is 5.07. The van der Waals surface area contributed by atoms with Crippen molar-refractivity contribution < 1.29 is 4.74 Å². The molecule has 2 rings (SSSR count). The van der Waals surface area contributed by atoms with Crippen LogP contribution in [0.3, 0.4) is 0 Å². The van der Waals surface area contributed by atoms with Gasteiger partial charge in [-0.3, -0.25) is 4.99 Å². The zero-order valence-electron chi connectivity index (χ0n) is 8.82. The molecule has 1 heterocycles. The summed E-state index contributed by atoms with van der Waals surface area (Å²) in [6, 6.07) is 0.960. The van der Waals surface area contributed by atoms with Crippen LogP contribution in [0, 0.1) is 0 Å². The Balaban J connectivity index is 1.95. The van der Waals surface area contributed by atoms with E-state index in [2.05, 4.69) is 12.2 Å². The molecule has 0 radical (unpaired) electrons. The molecule has 4 heteroatoms. The average Bonchev–Trinajstić information content (AvgIpc) is 2.76. The summed E-state index contributed by atoms with van der Waals surface area (Å²) < 4.78 is 5.42. The van der Waals surface area contributed by atoms with Gasteiger partial charge < -0.3 is 10.1 Å². The highest BCUT2D eigenvalue weighted by Gasteiger charge is 2.28. The number of nitrogens with zero attached hydrogens (tertiary/aromatic N) is 1. The van der Waals surface area contributed by atoms with Crippen molar-refractivity contribution in [3.05, 3.63) is 0 Å². The fourth-order valence-electron chi connectivity index (χ4n) is 2.05. The van der Waals surface area contributed by atoms with Gasteiger partial charge in [0.25, 0.3) is 0 Å². The molecule has 0 amide bonds. The van der Waals surface area contributed by atoms with Crippen LogP contribution in [0.4, 0.5) is 0 Å². The third-order valence-electron chi connectivity index (χ3n) is 2.84. The lowest BCUT2D eigenvalue weighted by molar-refractivity contribution is 0.0966. The van der Waals surface area contributed by atoms with Crippen LogP contribution in [0.1, 0.15) is 26.2 Å². The Morgan fingerprint density at radius 2 is 2.36 bits per heavy atom. The van der Waals surface area contributed by atoms with E-state index in [9.17, 15) is 0 Å². The van der Waals surface area contributed by atoms with E-state index < -0.39 is 0 Å². The summed E-state index contributed by atoms with van der Waals surface area (Å²) >= 11 is 1.83. The SMILES string of the molecule is COC1CCCC1N=C1NC(C)CS1. The first kappa shape index (κ1) is 10.3. The number of amidine groups is 1. The van der Waals surface area contributed by atoms with Gasteiger partial charge in [0.05, 0.1) is 12.1 Å². The molecule has 3 unspecified atom stereocenters. The molecule has 1 aliphatic heterocycles. The van der Waals surface area contributed by atoms with Gasteiger partial charge in [0.2, 0.25) is 0 Å². The number of rotatable bonds is 2. The molecule has 1 N–H and O–H groups in total. The van der Waals surface area contributed by atoms with E-state index in [1.54, 1.807) is 7.11 Å². The van der Waals surface area contributed by atoms with Crippen LogP contribution in [-0.2, 0) is 4.74 Å². The molecule has 2 aliphatic rings. The predicted octanol–water partition coefficient (Wildman–Crippen LogP) is 1.63. The van der Waals surface area contributed by atoms with E-state index in [0.29, 0.717) is 18.2 Å². The van der Waals surface area contributed by atoms with Crippen LogP contribution in [0.25, 0.3) is 0 Å². The molecule has 0 aromatic carbocycles. The maximum atomic E-state index is 5.42. The molecule has 0 bridgehead atoms. The molecule has 0 spiro atoms. The number of aliphatic imine (C=N–C) groups is 1. The molecule has 2 fully saturated rings. The topological polar surface area (TPSA) is 33.6 Å². The van der Waals surface area contributed by atoms with Gasteiger partial charge in [0.1, 0.15) is 0 Å². The second-order valence-electron chi connectivity index (χ2n) is 4.06. The first-order valence-electron chi connectivity index (χ1n) is 5.29. The normalized spacial score (nSPS) is 40.4. The van der Waals surface area contributed by atoms with Crippen LogP contribution in [0.5, 0.6) is 0 Å².